The van der Waals surface area contributed by atoms with E-state index in [0.29, 0.717) is 58.3 Å². The van der Waals surface area contributed by atoms with E-state index in [4.69, 9.17) is 15.6 Å². The van der Waals surface area contributed by atoms with Crippen molar-refractivity contribution in [3.63, 3.8) is 0 Å². The second-order valence-corrected chi connectivity index (χ2v) is 18.7. The van der Waals surface area contributed by atoms with Crippen LogP contribution < -0.4 is 26.0 Å². The van der Waals surface area contributed by atoms with Crippen molar-refractivity contribution >= 4 is 46.9 Å². The third-order valence-electron chi connectivity index (χ3n) is 14.9. The van der Waals surface area contributed by atoms with Crippen molar-refractivity contribution in [1.82, 2.24) is 29.8 Å². The summed E-state index contributed by atoms with van der Waals surface area (Å²) >= 11 is 0. The Kier molecular flexibility index (Phi) is 12.1. The number of hydrogen-bond donors (Lipinski definition) is 3. The zero-order chi connectivity index (χ0) is 45.5. The van der Waals surface area contributed by atoms with Crippen LogP contribution in [0.25, 0.3) is 11.3 Å². The quantitative estimate of drug-likeness (QED) is 0.159. The first-order valence-corrected chi connectivity index (χ1v) is 23.7. The van der Waals surface area contributed by atoms with Gasteiger partial charge in [0.15, 0.2) is 0 Å². The van der Waals surface area contributed by atoms with Crippen LogP contribution in [-0.2, 0) is 14.4 Å². The number of amides is 6. The van der Waals surface area contributed by atoms with E-state index in [2.05, 4.69) is 25.3 Å². The SMILES string of the molecule is NC(=O)c1c(-c2ccc(Oc3ccccc3)cc2)nn2c1NCC[C@H]2C1CCN(C(=O)CCC2CCC(N3CCN(c4ccc5c(c4)C(=O)N(C4CCC(=O)NC4=O)C5=O)CC3)CC2)CC1. The highest BCUT2D eigenvalue weighted by atomic mass is 16.5. The standard InChI is InChI=1S/C50H57N9O7/c51-46(62)44-45(33-9-14-37(15-10-33)66-36-4-2-1-3-5-36)54-59-40(20-23-52-47(44)59)32-21-24-57(25-22-32)43(61)19-8-31-6-11-34(12-7-31)55-26-28-56(29-27-55)35-13-16-38-39(30-35)50(65)58(49(38)64)41-17-18-42(60)53-48(41)63/h1-5,9-10,13-16,30-32,34,40-41,52H,6-8,11-12,17-29H2,(H2,51,62)(H,53,60,63)/t31?,34?,40-,41?/m0/s1. The lowest BCUT2D eigenvalue weighted by Gasteiger charge is -2.43. The van der Waals surface area contributed by atoms with Crippen LogP contribution in [0.3, 0.4) is 0 Å². The molecule has 0 radical (unpaired) electrons. The van der Waals surface area contributed by atoms with Crippen LogP contribution in [0.5, 0.6) is 11.5 Å². The van der Waals surface area contributed by atoms with Crippen LogP contribution in [0.2, 0.25) is 0 Å². The van der Waals surface area contributed by atoms with Gasteiger partial charge in [0.05, 0.1) is 17.2 Å². The Morgan fingerprint density at radius 3 is 2.18 bits per heavy atom. The zero-order valence-corrected chi connectivity index (χ0v) is 37.2. The van der Waals surface area contributed by atoms with Gasteiger partial charge in [-0.1, -0.05) is 18.2 Å². The average Bonchev–Trinajstić information content (AvgIpc) is 3.86. The van der Waals surface area contributed by atoms with Gasteiger partial charge < -0.3 is 25.6 Å². The first-order chi connectivity index (χ1) is 32.1. The van der Waals surface area contributed by atoms with Crippen molar-refractivity contribution < 1.29 is 33.5 Å². The molecule has 0 spiro atoms. The number of imide groups is 2. The molecule has 4 N–H and O–H groups in total. The highest BCUT2D eigenvalue weighted by Gasteiger charge is 2.45. The van der Waals surface area contributed by atoms with E-state index in [9.17, 15) is 28.8 Å². The summed E-state index contributed by atoms with van der Waals surface area (Å²) < 4.78 is 7.96. The smallest absolute Gasteiger partial charge is 0.262 e. The zero-order valence-electron chi connectivity index (χ0n) is 37.2. The first kappa shape index (κ1) is 43.3. The van der Waals surface area contributed by atoms with Gasteiger partial charge in [0.25, 0.3) is 17.7 Å². The van der Waals surface area contributed by atoms with Gasteiger partial charge >= 0.3 is 0 Å². The van der Waals surface area contributed by atoms with Crippen molar-refractivity contribution in [3.05, 3.63) is 89.5 Å². The van der Waals surface area contributed by atoms with Gasteiger partial charge in [0.1, 0.15) is 34.6 Å². The van der Waals surface area contributed by atoms with Gasteiger partial charge in [-0.3, -0.25) is 43.9 Å². The topological polar surface area (TPSA) is 193 Å². The maximum absolute atomic E-state index is 13.6. The molecule has 344 valence electrons. The number of nitrogens with one attached hydrogen (secondary N) is 2. The molecule has 0 bridgehead atoms. The summed E-state index contributed by atoms with van der Waals surface area (Å²) in [6, 6.07) is 22.1. The van der Waals surface area contributed by atoms with Gasteiger partial charge in [-0.15, -0.1) is 0 Å². The second kappa shape index (κ2) is 18.4. The first-order valence-electron chi connectivity index (χ1n) is 23.7. The van der Waals surface area contributed by atoms with E-state index in [1.807, 2.05) is 65.3 Å². The number of piperidine rings is 2. The third-order valence-corrected chi connectivity index (χ3v) is 14.9. The minimum Gasteiger partial charge on any atom is -0.457 e. The fraction of sp³-hybridized carbons (Fsp3) is 0.460. The van der Waals surface area contributed by atoms with E-state index < -0.39 is 35.6 Å². The Morgan fingerprint density at radius 2 is 1.47 bits per heavy atom. The number of carbonyl (C=O) groups is 6. The summed E-state index contributed by atoms with van der Waals surface area (Å²) in [5.41, 5.74) is 9.21. The van der Waals surface area contributed by atoms with Gasteiger partial charge in [-0.05, 0) is 124 Å². The molecule has 10 rings (SSSR count). The maximum atomic E-state index is 13.6. The molecule has 3 aromatic carbocycles. The summed E-state index contributed by atoms with van der Waals surface area (Å²) in [6.45, 7) is 5.59. The minimum absolute atomic E-state index is 0.0894. The van der Waals surface area contributed by atoms with Crippen LogP contribution >= 0.6 is 0 Å². The van der Waals surface area contributed by atoms with Crippen LogP contribution in [-0.4, -0.2) is 118 Å². The number of rotatable bonds is 11. The minimum atomic E-state index is -0.977. The monoisotopic (exact) mass is 895 g/mol. The normalized spacial score (nSPS) is 23.8. The number of anilines is 2. The molecular formula is C50H57N9O7. The van der Waals surface area contributed by atoms with E-state index in [-0.39, 0.29) is 24.8 Å². The summed E-state index contributed by atoms with van der Waals surface area (Å²) in [5, 5.41) is 10.7. The van der Waals surface area contributed by atoms with Crippen molar-refractivity contribution in [2.45, 2.75) is 88.8 Å². The highest BCUT2D eigenvalue weighted by Crippen LogP contribution is 2.41. The molecule has 6 aliphatic rings. The number of carbonyl (C=O) groups excluding carboxylic acids is 6. The fourth-order valence-corrected chi connectivity index (χ4v) is 11.3. The molecule has 16 nitrogen and oxygen atoms in total. The van der Waals surface area contributed by atoms with E-state index in [1.165, 1.54) is 0 Å². The second-order valence-electron chi connectivity index (χ2n) is 18.7. The molecule has 3 saturated heterocycles. The lowest BCUT2D eigenvalue weighted by molar-refractivity contribution is -0.136. The van der Waals surface area contributed by atoms with Crippen molar-refractivity contribution in [1.29, 1.82) is 0 Å². The van der Waals surface area contributed by atoms with Crippen molar-refractivity contribution in [2.75, 3.05) is 56.0 Å². The summed E-state index contributed by atoms with van der Waals surface area (Å²) in [7, 11) is 0. The Balaban J connectivity index is 0.672. The lowest BCUT2D eigenvalue weighted by atomic mass is 9.82. The molecule has 4 fully saturated rings. The van der Waals surface area contributed by atoms with Crippen LogP contribution in [0.1, 0.15) is 108 Å². The maximum Gasteiger partial charge on any atom is 0.262 e. The van der Waals surface area contributed by atoms with Crippen LogP contribution in [0.4, 0.5) is 11.5 Å². The number of primary amides is 1. The number of benzene rings is 3. The molecule has 1 aromatic heterocycles. The number of piperazine rings is 1. The fourth-order valence-electron chi connectivity index (χ4n) is 11.3. The number of para-hydroxylation sites is 1. The molecule has 66 heavy (non-hydrogen) atoms. The Bertz CT molecular complexity index is 2520. The van der Waals surface area contributed by atoms with Gasteiger partial charge in [0.2, 0.25) is 17.7 Å². The van der Waals surface area contributed by atoms with Crippen LogP contribution in [0.15, 0.2) is 72.8 Å². The largest absolute Gasteiger partial charge is 0.457 e. The lowest BCUT2D eigenvalue weighted by Crippen LogP contribution is -2.54. The Labute approximate surface area is 383 Å². The molecule has 6 amide bonds. The Hall–Kier alpha value is -6.55. The van der Waals surface area contributed by atoms with Gasteiger partial charge in [0, 0.05) is 75.9 Å². The predicted octanol–water partition coefficient (Wildman–Crippen LogP) is 5.60. The highest BCUT2D eigenvalue weighted by molar-refractivity contribution is 6.23. The van der Waals surface area contributed by atoms with Crippen molar-refractivity contribution in [3.8, 4) is 22.8 Å². The molecule has 16 heteroatoms. The molecule has 2 atom stereocenters. The van der Waals surface area contributed by atoms with E-state index in [1.54, 1.807) is 12.1 Å². The molecule has 6 heterocycles. The number of fused-ring (bicyclic) bond motifs is 2. The van der Waals surface area contributed by atoms with Crippen molar-refractivity contribution in [2.24, 2.45) is 17.6 Å². The van der Waals surface area contributed by atoms with Gasteiger partial charge in [-0.2, -0.15) is 5.10 Å². The average molecular weight is 896 g/mol. The van der Waals surface area contributed by atoms with Gasteiger partial charge in [-0.25, -0.2) is 4.68 Å². The molecule has 5 aliphatic heterocycles. The molecule has 1 aliphatic carbocycles. The molecule has 1 saturated carbocycles. The van der Waals surface area contributed by atoms with E-state index >= 15 is 0 Å². The predicted molar refractivity (Wildman–Crippen MR) is 246 cm³/mol. The number of aromatic nitrogens is 2. The molecule has 4 aromatic rings. The number of nitrogens with zero attached hydrogens (tertiary/aromatic N) is 6. The molecular weight excluding hydrogens is 839 g/mol. The number of nitrogens with two attached hydrogens (primary N) is 1. The number of ether oxygens (including phenoxy) is 1. The molecule has 1 unspecified atom stereocenters. The van der Waals surface area contributed by atoms with E-state index in [0.717, 1.165) is 119 Å². The summed E-state index contributed by atoms with van der Waals surface area (Å²) in [5.74, 6) is 0.716. The third kappa shape index (κ3) is 8.54. The number of hydrogen-bond acceptors (Lipinski definition) is 11. The Morgan fingerprint density at radius 1 is 0.758 bits per heavy atom. The number of likely N-dealkylation sites (tertiary alicyclic amines) is 1. The summed E-state index contributed by atoms with van der Waals surface area (Å²) in [4.78, 5) is 85.0. The van der Waals surface area contributed by atoms with Crippen LogP contribution in [0, 0.1) is 11.8 Å². The summed E-state index contributed by atoms with van der Waals surface area (Å²) in [6.07, 6.45) is 8.84.